The van der Waals surface area contributed by atoms with Crippen LogP contribution < -0.4 is 9.64 Å². The first-order valence-corrected chi connectivity index (χ1v) is 12.2. The van der Waals surface area contributed by atoms with Gasteiger partial charge in [0.25, 0.3) is 0 Å². The van der Waals surface area contributed by atoms with Gasteiger partial charge in [0.15, 0.2) is 0 Å². The van der Waals surface area contributed by atoms with Crippen LogP contribution in [0.1, 0.15) is 42.6 Å². The number of rotatable bonds is 8. The van der Waals surface area contributed by atoms with E-state index in [0.717, 1.165) is 53.2 Å². The Bertz CT molecular complexity index is 1310. The SMILES string of the molecule is CCc1ccccc1N1C[C@H](c2nc3ccccc3n2CCCOc2ccccc2C)CC1=O. The van der Waals surface area contributed by atoms with Crippen molar-refractivity contribution < 1.29 is 9.53 Å². The molecule has 0 N–H and O–H groups in total. The average Bonchev–Trinajstić information content (AvgIpc) is 3.43. The molecule has 1 atom stereocenters. The monoisotopic (exact) mass is 453 g/mol. The topological polar surface area (TPSA) is 47.4 Å². The van der Waals surface area contributed by atoms with Gasteiger partial charge in [-0.05, 0) is 55.2 Å². The number of hydrogen-bond donors (Lipinski definition) is 0. The number of amides is 1. The van der Waals surface area contributed by atoms with Crippen molar-refractivity contribution in [1.82, 2.24) is 9.55 Å². The van der Waals surface area contributed by atoms with E-state index >= 15 is 0 Å². The Labute approximate surface area is 201 Å². The van der Waals surface area contributed by atoms with E-state index in [1.54, 1.807) is 0 Å². The van der Waals surface area contributed by atoms with Gasteiger partial charge in [-0.3, -0.25) is 4.79 Å². The van der Waals surface area contributed by atoms with E-state index in [4.69, 9.17) is 9.72 Å². The third-order valence-electron chi connectivity index (χ3n) is 6.71. The molecule has 3 aromatic carbocycles. The maximum atomic E-state index is 13.1. The maximum absolute atomic E-state index is 13.1. The van der Waals surface area contributed by atoms with E-state index in [1.807, 2.05) is 41.3 Å². The first-order valence-electron chi connectivity index (χ1n) is 12.2. The van der Waals surface area contributed by atoms with Crippen LogP contribution >= 0.6 is 0 Å². The van der Waals surface area contributed by atoms with E-state index in [2.05, 4.69) is 54.8 Å². The zero-order valence-electron chi connectivity index (χ0n) is 19.9. The van der Waals surface area contributed by atoms with Crippen molar-refractivity contribution in [2.24, 2.45) is 0 Å². The van der Waals surface area contributed by atoms with Gasteiger partial charge in [-0.2, -0.15) is 0 Å². The molecular formula is C29H31N3O2. The molecule has 1 aromatic heterocycles. The van der Waals surface area contributed by atoms with Crippen LogP contribution in [0.2, 0.25) is 0 Å². The molecule has 5 heteroatoms. The Kier molecular flexibility index (Phi) is 6.35. The first-order chi connectivity index (χ1) is 16.7. The number of fused-ring (bicyclic) bond motifs is 1. The molecule has 1 fully saturated rings. The standard InChI is InChI=1S/C29H31N3O2/c1-3-22-12-5-7-14-25(22)32-20-23(19-28(32)33)29-30-24-13-6-8-15-26(24)31(29)17-10-18-34-27-16-9-4-11-21(27)2/h4-9,11-16,23H,3,10,17-20H2,1-2H3/t23-/m1/s1. The van der Waals surface area contributed by atoms with Crippen molar-refractivity contribution in [1.29, 1.82) is 0 Å². The molecule has 0 aliphatic carbocycles. The van der Waals surface area contributed by atoms with Crippen molar-refractivity contribution in [3.05, 3.63) is 89.7 Å². The summed E-state index contributed by atoms with van der Waals surface area (Å²) in [6.07, 6.45) is 2.26. The summed E-state index contributed by atoms with van der Waals surface area (Å²) in [5.74, 6) is 2.18. The van der Waals surface area contributed by atoms with E-state index in [9.17, 15) is 4.79 Å². The van der Waals surface area contributed by atoms with Crippen molar-refractivity contribution in [3.63, 3.8) is 0 Å². The number of benzene rings is 3. The molecular weight excluding hydrogens is 422 g/mol. The zero-order chi connectivity index (χ0) is 23.5. The van der Waals surface area contributed by atoms with Crippen LogP contribution in [0.3, 0.4) is 0 Å². The molecule has 0 radical (unpaired) electrons. The summed E-state index contributed by atoms with van der Waals surface area (Å²) < 4.78 is 8.33. The van der Waals surface area contributed by atoms with Gasteiger partial charge in [0.05, 0.1) is 17.6 Å². The van der Waals surface area contributed by atoms with Gasteiger partial charge in [0, 0.05) is 31.1 Å². The van der Waals surface area contributed by atoms with Crippen LogP contribution in [0.15, 0.2) is 72.8 Å². The smallest absolute Gasteiger partial charge is 0.227 e. The lowest BCUT2D eigenvalue weighted by molar-refractivity contribution is -0.117. The number of nitrogens with zero attached hydrogens (tertiary/aromatic N) is 3. The fourth-order valence-electron chi connectivity index (χ4n) is 4.95. The van der Waals surface area contributed by atoms with Crippen molar-refractivity contribution in [2.45, 2.75) is 45.6 Å². The summed E-state index contributed by atoms with van der Waals surface area (Å²) in [5.41, 5.74) is 5.49. The lowest BCUT2D eigenvalue weighted by Crippen LogP contribution is -2.25. The molecule has 0 bridgehead atoms. The minimum atomic E-state index is 0.0714. The largest absolute Gasteiger partial charge is 0.493 e. The van der Waals surface area contributed by atoms with Crippen molar-refractivity contribution in [2.75, 3.05) is 18.1 Å². The number of carbonyl (C=O) groups is 1. The number of imidazole rings is 1. The van der Waals surface area contributed by atoms with Gasteiger partial charge >= 0.3 is 0 Å². The van der Waals surface area contributed by atoms with Gasteiger partial charge in [-0.25, -0.2) is 4.98 Å². The minimum Gasteiger partial charge on any atom is -0.493 e. The summed E-state index contributed by atoms with van der Waals surface area (Å²) in [6.45, 7) is 6.30. The lowest BCUT2D eigenvalue weighted by Gasteiger charge is -2.20. The quantitative estimate of drug-likeness (QED) is 0.312. The molecule has 5 rings (SSSR count). The number of anilines is 1. The Morgan fingerprint density at radius 1 is 1.00 bits per heavy atom. The Morgan fingerprint density at radius 2 is 1.76 bits per heavy atom. The van der Waals surface area contributed by atoms with Crippen LogP contribution in [-0.2, 0) is 17.8 Å². The summed E-state index contributed by atoms with van der Waals surface area (Å²) in [4.78, 5) is 20.0. The normalized spacial score (nSPS) is 15.9. The van der Waals surface area contributed by atoms with E-state index in [1.165, 1.54) is 5.56 Å². The third kappa shape index (κ3) is 4.30. The Hall–Kier alpha value is -3.60. The maximum Gasteiger partial charge on any atom is 0.227 e. The molecule has 0 spiro atoms. The van der Waals surface area contributed by atoms with Gasteiger partial charge in [0.2, 0.25) is 5.91 Å². The molecule has 34 heavy (non-hydrogen) atoms. The van der Waals surface area contributed by atoms with Crippen LogP contribution in [-0.4, -0.2) is 28.6 Å². The van der Waals surface area contributed by atoms with Crippen LogP contribution in [0.25, 0.3) is 11.0 Å². The molecule has 1 aliphatic heterocycles. The highest BCUT2D eigenvalue weighted by molar-refractivity contribution is 5.97. The predicted molar refractivity (Wildman–Crippen MR) is 137 cm³/mol. The molecule has 5 nitrogen and oxygen atoms in total. The van der Waals surface area contributed by atoms with Crippen molar-refractivity contribution in [3.8, 4) is 5.75 Å². The van der Waals surface area contributed by atoms with Gasteiger partial charge in [0.1, 0.15) is 11.6 Å². The van der Waals surface area contributed by atoms with Crippen LogP contribution in [0.4, 0.5) is 5.69 Å². The van der Waals surface area contributed by atoms with Gasteiger partial charge in [-0.1, -0.05) is 55.5 Å². The lowest BCUT2D eigenvalue weighted by atomic mass is 10.1. The molecule has 0 unspecified atom stereocenters. The fourth-order valence-corrected chi connectivity index (χ4v) is 4.95. The van der Waals surface area contributed by atoms with E-state index in [0.29, 0.717) is 19.6 Å². The summed E-state index contributed by atoms with van der Waals surface area (Å²) >= 11 is 0. The molecule has 0 saturated carbocycles. The van der Waals surface area contributed by atoms with E-state index < -0.39 is 0 Å². The summed E-state index contributed by atoms with van der Waals surface area (Å²) in [7, 11) is 0. The number of ether oxygens (including phenoxy) is 1. The predicted octanol–water partition coefficient (Wildman–Crippen LogP) is 5.90. The molecule has 2 heterocycles. The number of para-hydroxylation sites is 4. The molecule has 4 aromatic rings. The van der Waals surface area contributed by atoms with Crippen LogP contribution in [0, 0.1) is 6.92 Å². The fraction of sp³-hybridized carbons (Fsp3) is 0.310. The zero-order valence-corrected chi connectivity index (χ0v) is 19.9. The summed E-state index contributed by atoms with van der Waals surface area (Å²) in [5, 5.41) is 0. The highest BCUT2D eigenvalue weighted by Gasteiger charge is 2.35. The molecule has 1 aliphatic rings. The van der Waals surface area contributed by atoms with E-state index in [-0.39, 0.29) is 11.8 Å². The number of aryl methyl sites for hydroxylation is 3. The Morgan fingerprint density at radius 3 is 2.62 bits per heavy atom. The highest BCUT2D eigenvalue weighted by Crippen LogP contribution is 2.34. The number of carbonyl (C=O) groups excluding carboxylic acids is 1. The third-order valence-corrected chi connectivity index (χ3v) is 6.71. The first kappa shape index (κ1) is 22.2. The average molecular weight is 454 g/mol. The second-order valence-electron chi connectivity index (χ2n) is 8.97. The van der Waals surface area contributed by atoms with Crippen molar-refractivity contribution >= 4 is 22.6 Å². The minimum absolute atomic E-state index is 0.0714. The van der Waals surface area contributed by atoms with Crippen LogP contribution in [0.5, 0.6) is 5.75 Å². The second-order valence-corrected chi connectivity index (χ2v) is 8.97. The van der Waals surface area contributed by atoms with Gasteiger partial charge < -0.3 is 14.2 Å². The Balaban J connectivity index is 1.37. The van der Waals surface area contributed by atoms with Gasteiger partial charge in [-0.15, -0.1) is 0 Å². The number of aromatic nitrogens is 2. The highest BCUT2D eigenvalue weighted by atomic mass is 16.5. The molecule has 1 saturated heterocycles. The number of hydrogen-bond acceptors (Lipinski definition) is 3. The molecule has 174 valence electrons. The molecule has 1 amide bonds. The second kappa shape index (κ2) is 9.72. The summed E-state index contributed by atoms with van der Waals surface area (Å²) in [6, 6.07) is 24.6.